The van der Waals surface area contributed by atoms with Gasteiger partial charge in [0.1, 0.15) is 5.82 Å². The molecule has 0 aliphatic carbocycles. The van der Waals surface area contributed by atoms with Crippen molar-refractivity contribution in [1.82, 2.24) is 15.0 Å². The summed E-state index contributed by atoms with van der Waals surface area (Å²) in [6.07, 6.45) is 5.86. The number of hydrogen-bond acceptors (Lipinski definition) is 5. The largest absolute Gasteiger partial charge is 0.366 e. The van der Waals surface area contributed by atoms with Crippen LogP contribution in [0.1, 0.15) is 12.8 Å². The summed E-state index contributed by atoms with van der Waals surface area (Å²) in [5, 5.41) is 4.73. The number of benzene rings is 1. The molecule has 1 saturated heterocycles. The van der Waals surface area contributed by atoms with Crippen molar-refractivity contribution in [3.63, 3.8) is 0 Å². The number of nitrogens with one attached hydrogen (secondary N) is 1. The molecule has 116 valence electrons. The SMILES string of the molecule is c1cnc(N2CCC[C@H](Nc3ccc4ccccc4n3)C2)nc1. The lowest BCUT2D eigenvalue weighted by atomic mass is 10.1. The van der Waals surface area contributed by atoms with E-state index in [-0.39, 0.29) is 0 Å². The topological polar surface area (TPSA) is 53.9 Å². The third kappa shape index (κ3) is 3.08. The highest BCUT2D eigenvalue weighted by molar-refractivity contribution is 5.80. The lowest BCUT2D eigenvalue weighted by Gasteiger charge is -2.33. The van der Waals surface area contributed by atoms with Gasteiger partial charge >= 0.3 is 0 Å². The number of aromatic nitrogens is 3. The van der Waals surface area contributed by atoms with Gasteiger partial charge in [0.05, 0.1) is 5.52 Å². The summed E-state index contributed by atoms with van der Waals surface area (Å²) in [4.78, 5) is 15.7. The van der Waals surface area contributed by atoms with Crippen molar-refractivity contribution in [3.8, 4) is 0 Å². The summed E-state index contributed by atoms with van der Waals surface area (Å²) >= 11 is 0. The molecule has 0 unspecified atom stereocenters. The van der Waals surface area contributed by atoms with Crippen LogP contribution in [-0.2, 0) is 0 Å². The minimum absolute atomic E-state index is 0.362. The average Bonchev–Trinajstić information content (AvgIpc) is 2.63. The lowest BCUT2D eigenvalue weighted by Crippen LogP contribution is -2.43. The summed E-state index contributed by atoms with van der Waals surface area (Å²) in [5.41, 5.74) is 1.02. The number of hydrogen-bond donors (Lipinski definition) is 1. The molecule has 3 aromatic rings. The second kappa shape index (κ2) is 6.20. The maximum Gasteiger partial charge on any atom is 0.225 e. The van der Waals surface area contributed by atoms with E-state index in [0.29, 0.717) is 6.04 Å². The van der Waals surface area contributed by atoms with Gasteiger partial charge in [-0.05, 0) is 37.1 Å². The molecule has 5 nitrogen and oxygen atoms in total. The van der Waals surface area contributed by atoms with E-state index in [0.717, 1.165) is 43.2 Å². The Labute approximate surface area is 135 Å². The molecule has 1 atom stereocenters. The predicted octanol–water partition coefficient (Wildman–Crippen LogP) is 3.11. The maximum atomic E-state index is 4.71. The van der Waals surface area contributed by atoms with Gasteiger partial charge in [-0.3, -0.25) is 0 Å². The predicted molar refractivity (Wildman–Crippen MR) is 92.6 cm³/mol. The van der Waals surface area contributed by atoms with E-state index in [1.165, 1.54) is 5.39 Å². The molecule has 1 N–H and O–H groups in total. The van der Waals surface area contributed by atoms with Gasteiger partial charge in [-0.2, -0.15) is 0 Å². The Morgan fingerprint density at radius 2 is 1.87 bits per heavy atom. The van der Waals surface area contributed by atoms with Crippen molar-refractivity contribution >= 4 is 22.7 Å². The minimum atomic E-state index is 0.362. The van der Waals surface area contributed by atoms with Crippen LogP contribution in [0.5, 0.6) is 0 Å². The normalized spacial score (nSPS) is 18.1. The Hall–Kier alpha value is -2.69. The van der Waals surface area contributed by atoms with Crippen LogP contribution in [-0.4, -0.2) is 34.1 Å². The lowest BCUT2D eigenvalue weighted by molar-refractivity contribution is 0.522. The molecular formula is C18H19N5. The number of para-hydroxylation sites is 1. The molecule has 4 rings (SSSR count). The van der Waals surface area contributed by atoms with Crippen LogP contribution in [0.4, 0.5) is 11.8 Å². The van der Waals surface area contributed by atoms with Gasteiger partial charge in [0, 0.05) is 36.9 Å². The summed E-state index contributed by atoms with van der Waals surface area (Å²) in [6.45, 7) is 1.91. The van der Waals surface area contributed by atoms with Crippen LogP contribution in [0.3, 0.4) is 0 Å². The highest BCUT2D eigenvalue weighted by atomic mass is 15.3. The molecular weight excluding hydrogens is 286 g/mol. The highest BCUT2D eigenvalue weighted by Crippen LogP contribution is 2.20. The third-order valence-corrected chi connectivity index (χ3v) is 4.21. The number of rotatable bonds is 3. The van der Waals surface area contributed by atoms with Crippen LogP contribution in [0.2, 0.25) is 0 Å². The monoisotopic (exact) mass is 305 g/mol. The molecule has 1 aromatic carbocycles. The van der Waals surface area contributed by atoms with E-state index in [9.17, 15) is 0 Å². The number of piperidine rings is 1. The van der Waals surface area contributed by atoms with Crippen LogP contribution >= 0.6 is 0 Å². The van der Waals surface area contributed by atoms with E-state index in [2.05, 4.69) is 38.4 Å². The first kappa shape index (κ1) is 13.9. The van der Waals surface area contributed by atoms with Crippen LogP contribution in [0.15, 0.2) is 54.9 Å². The second-order valence-corrected chi connectivity index (χ2v) is 5.87. The number of nitrogens with zero attached hydrogens (tertiary/aromatic N) is 4. The summed E-state index contributed by atoms with van der Waals surface area (Å²) in [6, 6.07) is 14.6. The Balaban J connectivity index is 1.49. The Kier molecular flexibility index (Phi) is 3.76. The van der Waals surface area contributed by atoms with Gasteiger partial charge in [0.2, 0.25) is 5.95 Å². The van der Waals surface area contributed by atoms with Crippen molar-refractivity contribution in [2.45, 2.75) is 18.9 Å². The molecule has 0 saturated carbocycles. The van der Waals surface area contributed by atoms with Crippen LogP contribution in [0.25, 0.3) is 10.9 Å². The highest BCUT2D eigenvalue weighted by Gasteiger charge is 2.21. The first-order valence-corrected chi connectivity index (χ1v) is 8.03. The summed E-state index contributed by atoms with van der Waals surface area (Å²) in [7, 11) is 0. The zero-order valence-corrected chi connectivity index (χ0v) is 12.9. The number of anilines is 2. The second-order valence-electron chi connectivity index (χ2n) is 5.87. The smallest absolute Gasteiger partial charge is 0.225 e. The van der Waals surface area contributed by atoms with Gasteiger partial charge in [0.15, 0.2) is 0 Å². The van der Waals surface area contributed by atoms with Gasteiger partial charge < -0.3 is 10.2 Å². The van der Waals surface area contributed by atoms with Crippen LogP contribution < -0.4 is 10.2 Å². The molecule has 0 bridgehead atoms. The van der Waals surface area contributed by atoms with Crippen molar-refractivity contribution < 1.29 is 0 Å². The van der Waals surface area contributed by atoms with Gasteiger partial charge in [0.25, 0.3) is 0 Å². The Bertz CT molecular complexity index is 790. The van der Waals surface area contributed by atoms with Crippen molar-refractivity contribution in [2.24, 2.45) is 0 Å². The fourth-order valence-electron chi connectivity index (χ4n) is 3.09. The molecule has 1 fully saturated rings. The first-order chi connectivity index (χ1) is 11.4. The molecule has 1 aliphatic rings. The fraction of sp³-hybridized carbons (Fsp3) is 0.278. The first-order valence-electron chi connectivity index (χ1n) is 8.03. The molecule has 3 heterocycles. The van der Waals surface area contributed by atoms with Gasteiger partial charge in [-0.25, -0.2) is 15.0 Å². The zero-order valence-electron chi connectivity index (χ0n) is 12.9. The van der Waals surface area contributed by atoms with E-state index in [1.807, 2.05) is 24.3 Å². The Morgan fingerprint density at radius 3 is 2.78 bits per heavy atom. The van der Waals surface area contributed by atoms with Gasteiger partial charge in [-0.15, -0.1) is 0 Å². The zero-order chi connectivity index (χ0) is 15.5. The van der Waals surface area contributed by atoms with Crippen molar-refractivity contribution in [1.29, 1.82) is 0 Å². The van der Waals surface area contributed by atoms with Crippen molar-refractivity contribution in [2.75, 3.05) is 23.3 Å². The van der Waals surface area contributed by atoms with E-state index in [1.54, 1.807) is 12.4 Å². The standard InChI is InChI=1S/C18H19N5/c1-2-7-16-14(5-1)8-9-17(22-16)21-15-6-3-12-23(13-15)18-19-10-4-11-20-18/h1-2,4-5,7-11,15H,3,6,12-13H2,(H,21,22)/t15-/m0/s1. The Morgan fingerprint density at radius 1 is 1.00 bits per heavy atom. The number of pyridine rings is 1. The molecule has 0 radical (unpaired) electrons. The molecule has 2 aromatic heterocycles. The van der Waals surface area contributed by atoms with E-state index >= 15 is 0 Å². The van der Waals surface area contributed by atoms with E-state index < -0.39 is 0 Å². The maximum absolute atomic E-state index is 4.71. The molecule has 0 amide bonds. The molecule has 1 aliphatic heterocycles. The minimum Gasteiger partial charge on any atom is -0.366 e. The molecule has 0 spiro atoms. The van der Waals surface area contributed by atoms with E-state index in [4.69, 9.17) is 4.98 Å². The van der Waals surface area contributed by atoms with Gasteiger partial charge in [-0.1, -0.05) is 18.2 Å². The molecule has 5 heteroatoms. The average molecular weight is 305 g/mol. The third-order valence-electron chi connectivity index (χ3n) is 4.21. The fourth-order valence-corrected chi connectivity index (χ4v) is 3.09. The van der Waals surface area contributed by atoms with Crippen LogP contribution in [0, 0.1) is 0 Å². The summed E-state index contributed by atoms with van der Waals surface area (Å²) < 4.78 is 0. The quantitative estimate of drug-likeness (QED) is 0.806. The molecule has 23 heavy (non-hydrogen) atoms. The van der Waals surface area contributed by atoms with Crippen molar-refractivity contribution in [3.05, 3.63) is 54.9 Å². The summed E-state index contributed by atoms with van der Waals surface area (Å²) in [5.74, 6) is 1.75. The number of fused-ring (bicyclic) bond motifs is 1.